The molecule has 0 saturated heterocycles. The van der Waals surface area contributed by atoms with Gasteiger partial charge >= 0.3 is 5.97 Å². The van der Waals surface area contributed by atoms with E-state index in [1.54, 1.807) is 0 Å². The first kappa shape index (κ1) is 15.6. The average Bonchev–Trinajstić information content (AvgIpc) is 2.86. The number of hydrogen-bond acceptors (Lipinski definition) is 4. The fourth-order valence-corrected chi connectivity index (χ4v) is 2.35. The molecule has 108 valence electrons. The minimum atomic E-state index is -1.01. The Balaban J connectivity index is 2.87. The van der Waals surface area contributed by atoms with Crippen LogP contribution in [0.3, 0.4) is 0 Å². The van der Waals surface area contributed by atoms with Crippen LogP contribution in [-0.2, 0) is 16.8 Å². The van der Waals surface area contributed by atoms with Crippen LogP contribution in [0.1, 0.15) is 65.1 Å². The van der Waals surface area contributed by atoms with Crippen LogP contribution in [0, 0.1) is 0 Å². The zero-order valence-corrected chi connectivity index (χ0v) is 12.1. The number of hydrogen-bond donors (Lipinski definition) is 1. The van der Waals surface area contributed by atoms with Gasteiger partial charge in [-0.2, -0.15) is 0 Å². The number of aliphatic carboxylic acids is 1. The van der Waals surface area contributed by atoms with Gasteiger partial charge in [-0.3, -0.25) is 0 Å². The van der Waals surface area contributed by atoms with Gasteiger partial charge in [0.05, 0.1) is 0 Å². The first-order valence-electron chi connectivity index (χ1n) is 7.13. The van der Waals surface area contributed by atoms with E-state index in [-0.39, 0.29) is 0 Å². The first-order valence-corrected chi connectivity index (χ1v) is 7.13. The smallest absolute Gasteiger partial charge is 0.331 e. The minimum absolute atomic E-state index is 0.478. The molecule has 1 aromatic heterocycles. The quantitative estimate of drug-likeness (QED) is 0.695. The Labute approximate surface area is 114 Å². The van der Waals surface area contributed by atoms with Crippen LogP contribution in [0.4, 0.5) is 0 Å². The van der Waals surface area contributed by atoms with Crippen molar-refractivity contribution in [2.24, 2.45) is 0 Å². The van der Waals surface area contributed by atoms with E-state index < -0.39 is 11.5 Å². The summed E-state index contributed by atoms with van der Waals surface area (Å²) in [5, 5.41) is 21.1. The van der Waals surface area contributed by atoms with Crippen molar-refractivity contribution < 1.29 is 9.90 Å². The van der Waals surface area contributed by atoms with E-state index >= 15 is 0 Å². The van der Waals surface area contributed by atoms with Gasteiger partial charge in [-0.15, -0.1) is 5.10 Å². The molecule has 6 heteroatoms. The summed E-state index contributed by atoms with van der Waals surface area (Å²) in [6.07, 6.45) is 6.18. The van der Waals surface area contributed by atoms with Crippen molar-refractivity contribution in [2.75, 3.05) is 0 Å². The van der Waals surface area contributed by atoms with Crippen molar-refractivity contribution >= 4 is 5.97 Å². The van der Waals surface area contributed by atoms with E-state index in [1.165, 1.54) is 17.5 Å². The number of aromatic nitrogens is 4. The highest BCUT2D eigenvalue weighted by Crippen LogP contribution is 2.26. The fourth-order valence-electron chi connectivity index (χ4n) is 2.35. The maximum atomic E-state index is 11.6. The molecule has 1 rings (SSSR count). The van der Waals surface area contributed by atoms with Crippen molar-refractivity contribution in [3.63, 3.8) is 0 Å². The third kappa shape index (κ3) is 3.30. The van der Waals surface area contributed by atoms with Crippen molar-refractivity contribution in [1.29, 1.82) is 0 Å². The van der Waals surface area contributed by atoms with Crippen LogP contribution in [0.15, 0.2) is 0 Å². The molecule has 1 N–H and O–H groups in total. The second-order valence-electron chi connectivity index (χ2n) is 4.86. The van der Waals surface area contributed by atoms with E-state index in [9.17, 15) is 9.90 Å². The highest BCUT2D eigenvalue weighted by Gasteiger charge is 2.40. The van der Waals surface area contributed by atoms with Gasteiger partial charge in [0, 0.05) is 6.42 Å². The van der Waals surface area contributed by atoms with Crippen LogP contribution in [-0.4, -0.2) is 31.3 Å². The van der Waals surface area contributed by atoms with Gasteiger partial charge in [0.15, 0.2) is 11.4 Å². The van der Waals surface area contributed by atoms with Crippen LogP contribution >= 0.6 is 0 Å². The summed E-state index contributed by atoms with van der Waals surface area (Å²) < 4.78 is 1.52. The van der Waals surface area contributed by atoms with Crippen molar-refractivity contribution in [3.05, 3.63) is 5.82 Å². The van der Waals surface area contributed by atoms with E-state index in [2.05, 4.69) is 22.4 Å². The van der Waals surface area contributed by atoms with Gasteiger partial charge in [0.2, 0.25) is 0 Å². The third-order valence-electron chi connectivity index (χ3n) is 3.76. The number of unbranched alkanes of at least 4 members (excludes halogenated alkanes) is 3. The monoisotopic (exact) mass is 268 g/mol. The van der Waals surface area contributed by atoms with Crippen molar-refractivity contribution in [2.45, 2.75) is 71.3 Å². The predicted octanol–water partition coefficient (Wildman–Crippen LogP) is 2.40. The predicted molar refractivity (Wildman–Crippen MR) is 71.9 cm³/mol. The molecule has 0 bridgehead atoms. The molecule has 0 spiro atoms. The first-order chi connectivity index (χ1) is 9.12. The Bertz CT molecular complexity index is 399. The number of tetrazole rings is 1. The summed E-state index contributed by atoms with van der Waals surface area (Å²) in [5.74, 6) is -0.179. The molecule has 0 aliphatic heterocycles. The maximum absolute atomic E-state index is 11.6. The lowest BCUT2D eigenvalue weighted by Gasteiger charge is -2.27. The topological polar surface area (TPSA) is 80.9 Å². The highest BCUT2D eigenvalue weighted by molar-refractivity contribution is 5.76. The average molecular weight is 268 g/mol. The number of rotatable bonds is 9. The number of aryl methyl sites for hydroxylation is 1. The van der Waals surface area contributed by atoms with Gasteiger partial charge in [0.1, 0.15) is 0 Å². The fraction of sp³-hybridized carbons (Fsp3) is 0.846. The molecule has 19 heavy (non-hydrogen) atoms. The Hall–Kier alpha value is -1.46. The minimum Gasteiger partial charge on any atom is -0.479 e. The Kier molecular flexibility index (Phi) is 5.92. The molecule has 0 atom stereocenters. The van der Waals surface area contributed by atoms with Gasteiger partial charge in [-0.25, -0.2) is 9.48 Å². The molecule has 0 unspecified atom stereocenters. The molecule has 1 aromatic rings. The maximum Gasteiger partial charge on any atom is 0.331 e. The van der Waals surface area contributed by atoms with Crippen molar-refractivity contribution in [1.82, 2.24) is 20.2 Å². The third-order valence-corrected chi connectivity index (χ3v) is 3.76. The van der Waals surface area contributed by atoms with E-state index in [0.29, 0.717) is 18.7 Å². The molecule has 0 aliphatic rings. The number of carboxylic acid groups (broad SMARTS) is 1. The summed E-state index contributed by atoms with van der Waals surface area (Å²) in [6.45, 7) is 5.88. The number of carbonyl (C=O) groups is 1. The van der Waals surface area contributed by atoms with Gasteiger partial charge in [-0.1, -0.05) is 40.0 Å². The molecular weight excluding hydrogens is 244 g/mol. The Morgan fingerprint density at radius 1 is 1.21 bits per heavy atom. The lowest BCUT2D eigenvalue weighted by Crippen LogP contribution is -2.42. The van der Waals surface area contributed by atoms with E-state index in [4.69, 9.17) is 0 Å². The summed E-state index contributed by atoms with van der Waals surface area (Å²) in [7, 11) is 0. The Morgan fingerprint density at radius 3 is 2.42 bits per heavy atom. The van der Waals surface area contributed by atoms with Gasteiger partial charge in [0.25, 0.3) is 0 Å². The number of nitrogens with zero attached hydrogens (tertiary/aromatic N) is 4. The SMILES string of the molecule is CCCCCCc1nnnn1C(CC)(CC)C(=O)O. The molecule has 0 aliphatic carbocycles. The second-order valence-corrected chi connectivity index (χ2v) is 4.86. The second kappa shape index (κ2) is 7.21. The molecule has 0 fully saturated rings. The highest BCUT2D eigenvalue weighted by atomic mass is 16.4. The summed E-state index contributed by atoms with van der Waals surface area (Å²) in [4.78, 5) is 11.6. The molecule has 1 heterocycles. The Morgan fingerprint density at radius 2 is 1.89 bits per heavy atom. The molecule has 0 aromatic carbocycles. The van der Waals surface area contributed by atoms with Gasteiger partial charge < -0.3 is 5.11 Å². The zero-order valence-electron chi connectivity index (χ0n) is 12.1. The van der Waals surface area contributed by atoms with Crippen LogP contribution in [0.2, 0.25) is 0 Å². The van der Waals surface area contributed by atoms with Crippen LogP contribution in [0.25, 0.3) is 0 Å². The summed E-state index contributed by atoms with van der Waals surface area (Å²) in [5.41, 5.74) is -1.01. The molecule has 0 saturated carbocycles. The van der Waals surface area contributed by atoms with Crippen LogP contribution in [0.5, 0.6) is 0 Å². The molecular formula is C13H24N4O2. The van der Waals surface area contributed by atoms with Gasteiger partial charge in [-0.05, 0) is 29.7 Å². The lowest BCUT2D eigenvalue weighted by molar-refractivity contribution is -0.148. The molecule has 0 amide bonds. The largest absolute Gasteiger partial charge is 0.479 e. The van der Waals surface area contributed by atoms with E-state index in [0.717, 1.165) is 19.3 Å². The number of carboxylic acids is 1. The molecule has 0 radical (unpaired) electrons. The summed E-state index contributed by atoms with van der Waals surface area (Å²) in [6, 6.07) is 0. The summed E-state index contributed by atoms with van der Waals surface area (Å²) >= 11 is 0. The molecule has 6 nitrogen and oxygen atoms in total. The van der Waals surface area contributed by atoms with E-state index in [1.807, 2.05) is 13.8 Å². The van der Waals surface area contributed by atoms with Crippen LogP contribution < -0.4 is 0 Å². The van der Waals surface area contributed by atoms with Crippen molar-refractivity contribution in [3.8, 4) is 0 Å². The lowest BCUT2D eigenvalue weighted by atomic mass is 9.93. The normalized spacial score (nSPS) is 11.7. The standard InChI is InChI=1S/C13H24N4O2/c1-4-7-8-9-10-11-14-15-16-17(11)13(5-2,6-3)12(18)19/h4-10H2,1-3H3,(H,18,19). The zero-order chi connectivity index (χ0) is 14.3.